The van der Waals surface area contributed by atoms with Gasteiger partial charge in [0.05, 0.1) is 16.9 Å². The quantitative estimate of drug-likeness (QED) is 0.223. The third-order valence-corrected chi connectivity index (χ3v) is 8.67. The van der Waals surface area contributed by atoms with Crippen LogP contribution in [0, 0.1) is 0 Å². The Morgan fingerprint density at radius 1 is 1.05 bits per heavy atom. The molecule has 2 aliphatic heterocycles. The number of aromatic nitrogens is 4. The van der Waals surface area contributed by atoms with Crippen molar-refractivity contribution in [1.29, 1.82) is 0 Å². The minimum Gasteiger partial charge on any atom is -0.422 e. The molecule has 2 fully saturated rings. The molecule has 2 bridgehead atoms. The number of hydrogen-bond acceptors (Lipinski definition) is 9. The molecule has 1 N–H and O–H groups in total. The molecule has 0 aliphatic carbocycles. The maximum absolute atomic E-state index is 13.1. The van der Waals surface area contributed by atoms with E-state index in [1.807, 2.05) is 42.1 Å². The molecule has 214 valence electrons. The van der Waals surface area contributed by atoms with Gasteiger partial charge in [-0.25, -0.2) is 14.8 Å². The summed E-state index contributed by atoms with van der Waals surface area (Å²) in [6, 6.07) is 14.3. The van der Waals surface area contributed by atoms with Gasteiger partial charge in [-0.2, -0.15) is 5.10 Å². The predicted molar refractivity (Wildman–Crippen MR) is 164 cm³/mol. The number of fused-ring (bicyclic) bond motifs is 4. The van der Waals surface area contributed by atoms with Crippen LogP contribution in [-0.4, -0.2) is 62.7 Å². The van der Waals surface area contributed by atoms with Gasteiger partial charge in [0.2, 0.25) is 5.95 Å². The van der Waals surface area contributed by atoms with Crippen LogP contribution in [-0.2, 0) is 7.05 Å². The SMILES string of the molecule is CC(=O)c1c(N2CC3CC2CN3C)c2ccc(Nc3nccc(-c4ccc5nn(C)c(C(C)C)c5c4)n3)cc2oc1=O. The molecule has 7 rings (SSSR count). The zero-order valence-electron chi connectivity index (χ0n) is 24.4. The number of piperazine rings is 1. The van der Waals surface area contributed by atoms with Crippen molar-refractivity contribution >= 4 is 45.0 Å². The van der Waals surface area contributed by atoms with Crippen molar-refractivity contribution in [3.63, 3.8) is 0 Å². The zero-order valence-corrected chi connectivity index (χ0v) is 24.4. The molecule has 0 saturated carbocycles. The molecule has 10 nitrogen and oxygen atoms in total. The van der Waals surface area contributed by atoms with Gasteiger partial charge in [-0.15, -0.1) is 0 Å². The number of hydrogen-bond donors (Lipinski definition) is 1. The summed E-state index contributed by atoms with van der Waals surface area (Å²) >= 11 is 0. The van der Waals surface area contributed by atoms with Crippen LogP contribution < -0.4 is 15.8 Å². The summed E-state index contributed by atoms with van der Waals surface area (Å²) in [5.41, 5.74) is 5.18. The average molecular weight is 564 g/mol. The lowest BCUT2D eigenvalue weighted by Gasteiger charge is -2.34. The summed E-state index contributed by atoms with van der Waals surface area (Å²) in [6.07, 6.45) is 2.74. The molecule has 2 atom stereocenters. The van der Waals surface area contributed by atoms with Crippen LogP contribution in [0.2, 0.25) is 0 Å². The Labute approximate surface area is 243 Å². The van der Waals surface area contributed by atoms with Crippen molar-refractivity contribution in [2.24, 2.45) is 7.05 Å². The highest BCUT2D eigenvalue weighted by molar-refractivity contribution is 6.07. The number of nitrogens with zero attached hydrogens (tertiary/aromatic N) is 6. The van der Waals surface area contributed by atoms with E-state index in [1.165, 1.54) is 12.6 Å². The smallest absolute Gasteiger partial charge is 0.349 e. The predicted octanol–water partition coefficient (Wildman–Crippen LogP) is 5.10. The fourth-order valence-corrected chi connectivity index (χ4v) is 6.78. The van der Waals surface area contributed by atoms with E-state index in [4.69, 9.17) is 9.40 Å². The lowest BCUT2D eigenvalue weighted by Crippen LogP contribution is -2.45. The number of anilines is 3. The molecule has 10 heteroatoms. The first-order valence-electron chi connectivity index (χ1n) is 14.3. The Hall–Kier alpha value is -4.57. The van der Waals surface area contributed by atoms with Crippen LogP contribution in [0.1, 0.15) is 49.2 Å². The van der Waals surface area contributed by atoms with Gasteiger partial charge in [0.25, 0.3) is 0 Å². The molecule has 42 heavy (non-hydrogen) atoms. The van der Waals surface area contributed by atoms with Gasteiger partial charge >= 0.3 is 5.63 Å². The standard InChI is InChI=1S/C32H33N7O3/c1-17(2)29-24-12-19(6-9-26(24)36-38(29)5)25-10-11-33-32(35-25)34-20-7-8-23-27(13-20)42-31(41)28(18(3)40)30(23)39-16-21-14-22(39)15-37(21)4/h6-13,17,21-22H,14-16H2,1-5H3,(H,33,34,35). The summed E-state index contributed by atoms with van der Waals surface area (Å²) in [6.45, 7) is 7.45. The van der Waals surface area contributed by atoms with Crippen molar-refractivity contribution in [2.75, 3.05) is 30.4 Å². The van der Waals surface area contributed by atoms with E-state index in [1.54, 1.807) is 12.3 Å². The third-order valence-electron chi connectivity index (χ3n) is 8.67. The van der Waals surface area contributed by atoms with E-state index in [-0.39, 0.29) is 17.4 Å². The number of rotatable bonds is 6. The van der Waals surface area contributed by atoms with Crippen molar-refractivity contribution in [3.05, 3.63) is 70.3 Å². The number of nitrogens with one attached hydrogen (secondary N) is 1. The second kappa shape index (κ2) is 9.77. The summed E-state index contributed by atoms with van der Waals surface area (Å²) in [5, 5.41) is 9.78. The largest absolute Gasteiger partial charge is 0.422 e. The lowest BCUT2D eigenvalue weighted by atomic mass is 10.0. The Bertz CT molecular complexity index is 1940. The van der Waals surface area contributed by atoms with Crippen molar-refractivity contribution < 1.29 is 9.21 Å². The second-order valence-corrected chi connectivity index (χ2v) is 11.8. The molecule has 2 saturated heterocycles. The van der Waals surface area contributed by atoms with Gasteiger partial charge in [-0.05, 0) is 56.6 Å². The normalized spacial score (nSPS) is 18.6. The molecular weight excluding hydrogens is 530 g/mol. The maximum Gasteiger partial charge on any atom is 0.349 e. The molecule has 2 unspecified atom stereocenters. The fourth-order valence-electron chi connectivity index (χ4n) is 6.78. The number of ketones is 1. The summed E-state index contributed by atoms with van der Waals surface area (Å²) < 4.78 is 7.64. The van der Waals surface area contributed by atoms with Crippen molar-refractivity contribution in [1.82, 2.24) is 24.6 Å². The monoisotopic (exact) mass is 563 g/mol. The van der Waals surface area contributed by atoms with Gasteiger partial charge in [-0.1, -0.05) is 19.9 Å². The van der Waals surface area contributed by atoms with E-state index in [2.05, 4.69) is 52.2 Å². The highest BCUT2D eigenvalue weighted by Crippen LogP contribution is 2.39. The topological polar surface area (TPSA) is 109 Å². The summed E-state index contributed by atoms with van der Waals surface area (Å²) in [4.78, 5) is 39.5. The Balaban J connectivity index is 1.24. The first kappa shape index (κ1) is 26.3. The first-order chi connectivity index (χ1) is 20.2. The molecule has 5 heterocycles. The fraction of sp³-hybridized carbons (Fsp3) is 0.344. The van der Waals surface area contributed by atoms with Gasteiger partial charge in [0.15, 0.2) is 5.78 Å². The van der Waals surface area contributed by atoms with Gasteiger partial charge in [-0.3, -0.25) is 14.4 Å². The Morgan fingerprint density at radius 2 is 1.88 bits per heavy atom. The van der Waals surface area contributed by atoms with Crippen molar-refractivity contribution in [3.8, 4) is 11.3 Å². The summed E-state index contributed by atoms with van der Waals surface area (Å²) in [7, 11) is 4.10. The van der Waals surface area contributed by atoms with Crippen LogP contribution in [0.25, 0.3) is 33.1 Å². The molecule has 5 aromatic rings. The maximum atomic E-state index is 13.1. The minimum absolute atomic E-state index is 0.126. The number of carbonyl (C=O) groups excluding carboxylic acids is 1. The highest BCUT2D eigenvalue weighted by Gasteiger charge is 2.43. The molecule has 2 aliphatic rings. The van der Waals surface area contributed by atoms with E-state index < -0.39 is 5.63 Å². The number of carbonyl (C=O) groups is 1. The van der Waals surface area contributed by atoms with E-state index in [0.717, 1.165) is 47.1 Å². The Morgan fingerprint density at radius 3 is 2.60 bits per heavy atom. The number of benzene rings is 2. The van der Waals surface area contributed by atoms with Gasteiger partial charge in [0, 0.05) is 72.2 Å². The lowest BCUT2D eigenvalue weighted by molar-refractivity contribution is 0.101. The van der Waals surface area contributed by atoms with E-state index >= 15 is 0 Å². The minimum atomic E-state index is -0.608. The van der Waals surface area contributed by atoms with Crippen LogP contribution in [0.5, 0.6) is 0 Å². The molecule has 2 aromatic carbocycles. The molecule has 0 radical (unpaired) electrons. The zero-order chi connectivity index (χ0) is 29.3. The van der Waals surface area contributed by atoms with Crippen LogP contribution in [0.3, 0.4) is 0 Å². The number of aryl methyl sites for hydroxylation is 1. The van der Waals surface area contributed by atoms with Crippen LogP contribution in [0.15, 0.2) is 57.9 Å². The number of likely N-dealkylation sites (tertiary alicyclic amines) is 1. The van der Waals surface area contributed by atoms with Gasteiger partial charge < -0.3 is 14.6 Å². The van der Waals surface area contributed by atoms with Crippen LogP contribution >= 0.6 is 0 Å². The molecule has 0 amide bonds. The molecule has 0 spiro atoms. The van der Waals surface area contributed by atoms with Crippen molar-refractivity contribution in [2.45, 2.75) is 45.2 Å². The molecule has 3 aromatic heterocycles. The number of Topliss-reactive ketones (excluding diaryl/α,β-unsaturated/α-hetero) is 1. The summed E-state index contributed by atoms with van der Waals surface area (Å²) in [5.74, 6) is 0.471. The second-order valence-electron chi connectivity index (χ2n) is 11.8. The van der Waals surface area contributed by atoms with Gasteiger partial charge in [0.1, 0.15) is 11.1 Å². The molecular formula is C32H33N7O3. The Kier molecular flexibility index (Phi) is 6.12. The first-order valence-corrected chi connectivity index (χ1v) is 14.3. The van der Waals surface area contributed by atoms with Crippen LogP contribution in [0.4, 0.5) is 17.3 Å². The van der Waals surface area contributed by atoms with E-state index in [0.29, 0.717) is 34.9 Å². The average Bonchev–Trinajstić information content (AvgIpc) is 3.62. The van der Waals surface area contributed by atoms with E-state index in [9.17, 15) is 9.59 Å². The highest BCUT2D eigenvalue weighted by atomic mass is 16.4. The third kappa shape index (κ3) is 4.25. The number of likely N-dealkylation sites (N-methyl/N-ethyl adjacent to an activating group) is 1.